The molecular weight excluding hydrogens is 388 g/mol. The zero-order valence-electron chi connectivity index (χ0n) is 18.9. The minimum Gasteiger partial charge on any atom is -0.472 e. The summed E-state index contributed by atoms with van der Waals surface area (Å²) in [5.74, 6) is -0.660. The molecule has 0 saturated carbocycles. The number of rotatable bonds is 8. The predicted octanol–water partition coefficient (Wildman–Crippen LogP) is 2.58. The zero-order chi connectivity index (χ0) is 22.6. The van der Waals surface area contributed by atoms with Crippen LogP contribution in [0.4, 0.5) is 11.4 Å². The van der Waals surface area contributed by atoms with Crippen molar-refractivity contribution in [3.05, 3.63) is 12.4 Å². The van der Waals surface area contributed by atoms with Crippen molar-refractivity contribution in [2.45, 2.75) is 53.8 Å². The first-order valence-electron chi connectivity index (χ1n) is 10.0. The van der Waals surface area contributed by atoms with Gasteiger partial charge in [-0.25, -0.2) is 0 Å². The number of carbonyl (C=O) groups is 2. The van der Waals surface area contributed by atoms with E-state index in [-0.39, 0.29) is 35.8 Å². The summed E-state index contributed by atoms with van der Waals surface area (Å²) in [6, 6.07) is 0. The topological polar surface area (TPSA) is 112 Å². The van der Waals surface area contributed by atoms with Gasteiger partial charge in [-0.3, -0.25) is 19.0 Å². The first-order chi connectivity index (χ1) is 14.0. The molecule has 2 amide bonds. The first kappa shape index (κ1) is 23.2. The Morgan fingerprint density at radius 1 is 0.767 bits per heavy atom. The van der Waals surface area contributed by atoms with Gasteiger partial charge in [0.2, 0.25) is 0 Å². The molecule has 30 heavy (non-hydrogen) atoms. The van der Waals surface area contributed by atoms with Gasteiger partial charge in [0.05, 0.1) is 12.4 Å². The van der Waals surface area contributed by atoms with Crippen molar-refractivity contribution in [3.8, 4) is 11.8 Å². The molecule has 2 aromatic heterocycles. The van der Waals surface area contributed by atoms with Crippen LogP contribution in [-0.4, -0.2) is 43.6 Å². The third-order valence-electron chi connectivity index (χ3n) is 4.77. The summed E-state index contributed by atoms with van der Waals surface area (Å²) in [6.07, 6.45) is 2.94. The highest BCUT2D eigenvalue weighted by Crippen LogP contribution is 2.26. The highest BCUT2D eigenvalue weighted by Gasteiger charge is 2.23. The summed E-state index contributed by atoms with van der Waals surface area (Å²) in [6.45, 7) is 11.9. The van der Waals surface area contributed by atoms with Crippen molar-refractivity contribution in [1.29, 1.82) is 0 Å². The molecule has 2 N–H and O–H groups in total. The molecule has 0 bridgehead atoms. The van der Waals surface area contributed by atoms with Crippen LogP contribution in [0.15, 0.2) is 12.4 Å². The van der Waals surface area contributed by atoms with E-state index in [0.29, 0.717) is 11.4 Å². The second-order valence-electron chi connectivity index (χ2n) is 8.09. The fourth-order valence-electron chi connectivity index (χ4n) is 2.26. The number of hydrogen-bond donors (Lipinski definition) is 2. The van der Waals surface area contributed by atoms with Crippen LogP contribution in [0.1, 0.15) is 41.5 Å². The molecule has 2 heterocycles. The lowest BCUT2D eigenvalue weighted by atomic mass is 10.1. The second kappa shape index (κ2) is 9.64. The minimum atomic E-state index is -0.850. The lowest BCUT2D eigenvalue weighted by Crippen LogP contribution is -2.29. The molecule has 10 nitrogen and oxygen atoms in total. The van der Waals surface area contributed by atoms with Gasteiger partial charge in [0.25, 0.3) is 11.8 Å². The summed E-state index contributed by atoms with van der Waals surface area (Å²) >= 11 is 0. The Morgan fingerprint density at radius 3 is 1.40 bits per heavy atom. The van der Waals surface area contributed by atoms with Gasteiger partial charge >= 0.3 is 11.8 Å². The molecule has 0 spiro atoms. The number of nitrogens with zero attached hydrogens (tertiary/aromatic N) is 4. The Morgan fingerprint density at radius 2 is 1.10 bits per heavy atom. The standard InChI is InChI=1S/C20H32N6O4/c1-11(2)13(5)29-19-15(9-25(7)23-19)21-17(27)18(28)22-16-10-26(8)24-20(16)30-14(6)12(3)4/h9-14H,1-8H3,(H,21,27)(H,22,28). The van der Waals surface area contributed by atoms with Gasteiger partial charge in [-0.2, -0.15) is 0 Å². The molecule has 0 saturated heterocycles. The van der Waals surface area contributed by atoms with Gasteiger partial charge in [-0.15, -0.1) is 10.2 Å². The number of aryl methyl sites for hydroxylation is 2. The fraction of sp³-hybridized carbons (Fsp3) is 0.600. The Bertz CT molecular complexity index is 814. The summed E-state index contributed by atoms with van der Waals surface area (Å²) < 4.78 is 14.6. The van der Waals surface area contributed by atoms with E-state index >= 15 is 0 Å². The van der Waals surface area contributed by atoms with E-state index in [2.05, 4.69) is 20.8 Å². The maximum absolute atomic E-state index is 12.5. The molecule has 2 aromatic rings. The molecule has 0 aromatic carbocycles. The van der Waals surface area contributed by atoms with Crippen molar-refractivity contribution >= 4 is 23.2 Å². The van der Waals surface area contributed by atoms with Crippen molar-refractivity contribution in [2.24, 2.45) is 25.9 Å². The smallest absolute Gasteiger partial charge is 0.314 e. The molecule has 2 unspecified atom stereocenters. The van der Waals surface area contributed by atoms with E-state index in [1.54, 1.807) is 26.5 Å². The third kappa shape index (κ3) is 5.98. The van der Waals surface area contributed by atoms with Crippen molar-refractivity contribution in [3.63, 3.8) is 0 Å². The number of nitrogens with one attached hydrogen (secondary N) is 2. The number of carbonyl (C=O) groups excluding carboxylic acids is 2. The summed E-state index contributed by atoms with van der Waals surface area (Å²) in [7, 11) is 3.41. The molecule has 2 atom stereocenters. The SMILES string of the molecule is CC(C)C(C)Oc1nn(C)cc1NC(=O)C(=O)Nc1cn(C)nc1OC(C)C(C)C. The monoisotopic (exact) mass is 420 g/mol. The second-order valence-corrected chi connectivity index (χ2v) is 8.09. The van der Waals surface area contributed by atoms with Crippen LogP contribution < -0.4 is 20.1 Å². The van der Waals surface area contributed by atoms with E-state index in [1.165, 1.54) is 9.36 Å². The summed E-state index contributed by atoms with van der Waals surface area (Å²) in [4.78, 5) is 24.9. The molecule has 0 aliphatic carbocycles. The van der Waals surface area contributed by atoms with Crippen molar-refractivity contribution < 1.29 is 19.1 Å². The number of anilines is 2. The van der Waals surface area contributed by atoms with Crippen LogP contribution in [-0.2, 0) is 23.7 Å². The zero-order valence-corrected chi connectivity index (χ0v) is 18.9. The first-order valence-corrected chi connectivity index (χ1v) is 10.0. The Balaban J connectivity index is 2.09. The van der Waals surface area contributed by atoms with E-state index < -0.39 is 11.8 Å². The third-order valence-corrected chi connectivity index (χ3v) is 4.77. The molecular formula is C20H32N6O4. The molecule has 166 valence electrons. The van der Waals surface area contributed by atoms with Gasteiger partial charge in [0.15, 0.2) is 0 Å². The molecule has 10 heteroatoms. The van der Waals surface area contributed by atoms with E-state index in [1.807, 2.05) is 41.5 Å². The number of ether oxygens (including phenoxy) is 2. The average molecular weight is 421 g/mol. The summed E-state index contributed by atoms with van der Waals surface area (Å²) in [5.41, 5.74) is 0.641. The molecule has 0 fully saturated rings. The normalized spacial score (nSPS) is 13.3. The van der Waals surface area contributed by atoms with Crippen LogP contribution in [0, 0.1) is 11.8 Å². The van der Waals surface area contributed by atoms with Crippen LogP contribution >= 0.6 is 0 Å². The van der Waals surface area contributed by atoms with Gasteiger partial charge in [-0.05, 0) is 25.7 Å². The fourth-order valence-corrected chi connectivity index (χ4v) is 2.26. The highest BCUT2D eigenvalue weighted by atomic mass is 16.5. The van der Waals surface area contributed by atoms with Gasteiger partial charge < -0.3 is 20.1 Å². The maximum atomic E-state index is 12.5. The van der Waals surface area contributed by atoms with Gasteiger partial charge in [0.1, 0.15) is 23.6 Å². The van der Waals surface area contributed by atoms with Gasteiger partial charge in [-0.1, -0.05) is 27.7 Å². The molecule has 2 rings (SSSR count). The number of aromatic nitrogens is 4. The van der Waals surface area contributed by atoms with Gasteiger partial charge in [0, 0.05) is 14.1 Å². The van der Waals surface area contributed by atoms with Crippen molar-refractivity contribution in [2.75, 3.05) is 10.6 Å². The van der Waals surface area contributed by atoms with Crippen LogP contribution in [0.3, 0.4) is 0 Å². The van der Waals surface area contributed by atoms with Crippen LogP contribution in [0.25, 0.3) is 0 Å². The van der Waals surface area contributed by atoms with Crippen molar-refractivity contribution in [1.82, 2.24) is 19.6 Å². The molecule has 0 aliphatic heterocycles. The minimum absolute atomic E-state index is 0.109. The molecule has 0 radical (unpaired) electrons. The number of amides is 2. The van der Waals surface area contributed by atoms with Crippen LogP contribution in [0.5, 0.6) is 11.8 Å². The molecule has 0 aliphatic rings. The summed E-state index contributed by atoms with van der Waals surface area (Å²) in [5, 5.41) is 13.5. The van der Waals surface area contributed by atoms with Crippen LogP contribution in [0.2, 0.25) is 0 Å². The van der Waals surface area contributed by atoms with E-state index in [9.17, 15) is 9.59 Å². The number of hydrogen-bond acceptors (Lipinski definition) is 6. The highest BCUT2D eigenvalue weighted by molar-refractivity contribution is 6.43. The van der Waals surface area contributed by atoms with E-state index in [4.69, 9.17) is 9.47 Å². The Hall–Kier alpha value is -3.04. The Labute approximate surface area is 176 Å². The average Bonchev–Trinajstić information content (AvgIpc) is 3.15. The van der Waals surface area contributed by atoms with E-state index in [0.717, 1.165) is 0 Å². The lowest BCUT2D eigenvalue weighted by molar-refractivity contribution is -0.133. The largest absolute Gasteiger partial charge is 0.472 e. The maximum Gasteiger partial charge on any atom is 0.314 e. The lowest BCUT2D eigenvalue weighted by Gasteiger charge is -2.17. The Kier molecular flexibility index (Phi) is 7.47. The predicted molar refractivity (Wildman–Crippen MR) is 114 cm³/mol. The quantitative estimate of drug-likeness (QED) is 0.635.